The SMILES string of the molecule is CCCCn1nc(C(=O)NCC2(O)CCC2)ccc1=O. The number of aryl methyl sites for hydroxylation is 1. The molecule has 20 heavy (non-hydrogen) atoms. The number of hydrogen-bond donors (Lipinski definition) is 2. The maximum Gasteiger partial charge on any atom is 0.271 e. The van der Waals surface area contributed by atoms with E-state index >= 15 is 0 Å². The van der Waals surface area contributed by atoms with Gasteiger partial charge in [0.2, 0.25) is 0 Å². The molecule has 0 bridgehead atoms. The van der Waals surface area contributed by atoms with Crippen molar-refractivity contribution in [2.75, 3.05) is 6.54 Å². The summed E-state index contributed by atoms with van der Waals surface area (Å²) in [5, 5.41) is 16.7. The predicted octanol–water partition coefficient (Wildman–Crippen LogP) is 0.688. The lowest BCUT2D eigenvalue weighted by Gasteiger charge is -2.36. The summed E-state index contributed by atoms with van der Waals surface area (Å²) in [6.07, 6.45) is 4.23. The zero-order valence-electron chi connectivity index (χ0n) is 11.8. The maximum absolute atomic E-state index is 12.0. The minimum Gasteiger partial charge on any atom is -0.388 e. The quantitative estimate of drug-likeness (QED) is 0.802. The Morgan fingerprint density at radius 2 is 2.25 bits per heavy atom. The van der Waals surface area contributed by atoms with Gasteiger partial charge in [-0.1, -0.05) is 13.3 Å². The minimum atomic E-state index is -0.758. The molecule has 1 amide bonds. The number of carbonyl (C=O) groups excluding carboxylic acids is 1. The highest BCUT2D eigenvalue weighted by atomic mass is 16.3. The third kappa shape index (κ3) is 3.45. The van der Waals surface area contributed by atoms with Crippen molar-refractivity contribution in [2.24, 2.45) is 0 Å². The van der Waals surface area contributed by atoms with Crippen LogP contribution < -0.4 is 10.9 Å². The Morgan fingerprint density at radius 3 is 2.85 bits per heavy atom. The third-order valence-electron chi connectivity index (χ3n) is 3.69. The summed E-state index contributed by atoms with van der Waals surface area (Å²) in [5.74, 6) is -0.351. The molecule has 0 atom stereocenters. The van der Waals surface area contributed by atoms with Crippen LogP contribution in [-0.4, -0.2) is 32.9 Å². The lowest BCUT2D eigenvalue weighted by atomic mass is 9.80. The average Bonchev–Trinajstić information content (AvgIpc) is 2.41. The summed E-state index contributed by atoms with van der Waals surface area (Å²) in [4.78, 5) is 23.6. The zero-order chi connectivity index (χ0) is 14.6. The molecule has 1 aromatic rings. The van der Waals surface area contributed by atoms with E-state index in [4.69, 9.17) is 0 Å². The number of nitrogens with one attached hydrogen (secondary N) is 1. The monoisotopic (exact) mass is 279 g/mol. The van der Waals surface area contributed by atoms with Crippen LogP contribution >= 0.6 is 0 Å². The highest BCUT2D eigenvalue weighted by molar-refractivity contribution is 5.92. The van der Waals surface area contributed by atoms with E-state index in [1.165, 1.54) is 16.8 Å². The van der Waals surface area contributed by atoms with Crippen molar-refractivity contribution in [3.05, 3.63) is 28.2 Å². The third-order valence-corrected chi connectivity index (χ3v) is 3.69. The second-order valence-corrected chi connectivity index (χ2v) is 5.39. The van der Waals surface area contributed by atoms with Crippen molar-refractivity contribution in [2.45, 2.75) is 51.2 Å². The highest BCUT2D eigenvalue weighted by Crippen LogP contribution is 2.30. The van der Waals surface area contributed by atoms with Crippen molar-refractivity contribution in [1.82, 2.24) is 15.1 Å². The fourth-order valence-corrected chi connectivity index (χ4v) is 2.14. The van der Waals surface area contributed by atoms with Gasteiger partial charge in [-0.05, 0) is 31.7 Å². The van der Waals surface area contributed by atoms with Gasteiger partial charge in [0.25, 0.3) is 11.5 Å². The van der Waals surface area contributed by atoms with Gasteiger partial charge in [0, 0.05) is 19.2 Å². The van der Waals surface area contributed by atoms with E-state index in [0.717, 1.165) is 32.1 Å². The molecule has 2 N–H and O–H groups in total. The summed E-state index contributed by atoms with van der Waals surface area (Å²) < 4.78 is 1.32. The van der Waals surface area contributed by atoms with Crippen LogP contribution in [0, 0.1) is 0 Å². The Morgan fingerprint density at radius 1 is 1.50 bits per heavy atom. The van der Waals surface area contributed by atoms with Crippen LogP contribution in [0.3, 0.4) is 0 Å². The number of unbranched alkanes of at least 4 members (excludes halogenated alkanes) is 1. The molecule has 0 aromatic carbocycles. The molecule has 1 saturated carbocycles. The van der Waals surface area contributed by atoms with Gasteiger partial charge in [-0.2, -0.15) is 5.10 Å². The number of hydrogen-bond acceptors (Lipinski definition) is 4. The van der Waals surface area contributed by atoms with E-state index in [9.17, 15) is 14.7 Å². The molecule has 6 nitrogen and oxygen atoms in total. The van der Waals surface area contributed by atoms with Crippen LogP contribution in [0.5, 0.6) is 0 Å². The van der Waals surface area contributed by atoms with Gasteiger partial charge in [-0.25, -0.2) is 4.68 Å². The Hall–Kier alpha value is -1.69. The Kier molecular flexibility index (Phi) is 4.54. The summed E-state index contributed by atoms with van der Waals surface area (Å²) >= 11 is 0. The van der Waals surface area contributed by atoms with Gasteiger partial charge in [0.05, 0.1) is 5.60 Å². The van der Waals surface area contributed by atoms with Crippen LogP contribution in [0.15, 0.2) is 16.9 Å². The fraction of sp³-hybridized carbons (Fsp3) is 0.643. The second-order valence-electron chi connectivity index (χ2n) is 5.39. The standard InChI is InChI=1S/C14H21N3O3/c1-2-3-9-17-12(18)6-5-11(16-17)13(19)15-10-14(20)7-4-8-14/h5-6,20H,2-4,7-10H2,1H3,(H,15,19). The summed E-state index contributed by atoms with van der Waals surface area (Å²) in [5.41, 5.74) is -0.747. The number of aromatic nitrogens is 2. The molecule has 110 valence electrons. The van der Waals surface area contributed by atoms with Gasteiger partial charge >= 0.3 is 0 Å². The lowest BCUT2D eigenvalue weighted by Crippen LogP contribution is -2.48. The van der Waals surface area contributed by atoms with Gasteiger partial charge in [-0.15, -0.1) is 0 Å². The Balaban J connectivity index is 2.00. The molecule has 1 heterocycles. The van der Waals surface area contributed by atoms with Gasteiger partial charge in [0.15, 0.2) is 0 Å². The van der Waals surface area contributed by atoms with E-state index in [2.05, 4.69) is 10.4 Å². The van der Waals surface area contributed by atoms with Gasteiger partial charge < -0.3 is 10.4 Å². The summed E-state index contributed by atoms with van der Waals surface area (Å²) in [6, 6.07) is 2.78. The molecular formula is C14H21N3O3. The number of rotatable bonds is 6. The van der Waals surface area contributed by atoms with E-state index in [-0.39, 0.29) is 23.7 Å². The van der Waals surface area contributed by atoms with Gasteiger partial charge in [-0.3, -0.25) is 9.59 Å². The molecule has 0 spiro atoms. The van der Waals surface area contributed by atoms with Crippen LogP contribution in [-0.2, 0) is 6.54 Å². The first-order valence-corrected chi connectivity index (χ1v) is 7.13. The van der Waals surface area contributed by atoms with Crippen molar-refractivity contribution in [3.8, 4) is 0 Å². The first kappa shape index (κ1) is 14.7. The Bertz CT molecular complexity index is 535. The smallest absolute Gasteiger partial charge is 0.271 e. The van der Waals surface area contributed by atoms with Crippen molar-refractivity contribution < 1.29 is 9.90 Å². The molecule has 1 aromatic heterocycles. The molecule has 0 radical (unpaired) electrons. The molecular weight excluding hydrogens is 258 g/mol. The van der Waals surface area contributed by atoms with Crippen LogP contribution in [0.1, 0.15) is 49.5 Å². The maximum atomic E-state index is 12.0. The number of amides is 1. The first-order valence-electron chi connectivity index (χ1n) is 7.13. The molecule has 0 saturated heterocycles. The topological polar surface area (TPSA) is 84.2 Å². The Labute approximate surface area is 117 Å². The molecule has 0 unspecified atom stereocenters. The summed E-state index contributed by atoms with van der Waals surface area (Å²) in [6.45, 7) is 2.78. The van der Waals surface area contributed by atoms with Crippen molar-refractivity contribution in [3.63, 3.8) is 0 Å². The highest BCUT2D eigenvalue weighted by Gasteiger charge is 2.34. The average molecular weight is 279 g/mol. The number of nitrogens with zero attached hydrogens (tertiary/aromatic N) is 2. The van der Waals surface area contributed by atoms with E-state index in [1.807, 2.05) is 6.92 Å². The van der Waals surface area contributed by atoms with E-state index in [0.29, 0.717) is 6.54 Å². The summed E-state index contributed by atoms with van der Waals surface area (Å²) in [7, 11) is 0. The van der Waals surface area contributed by atoms with Crippen LogP contribution in [0.2, 0.25) is 0 Å². The lowest BCUT2D eigenvalue weighted by molar-refractivity contribution is -0.0301. The van der Waals surface area contributed by atoms with Crippen molar-refractivity contribution >= 4 is 5.91 Å². The molecule has 1 fully saturated rings. The predicted molar refractivity (Wildman–Crippen MR) is 74.5 cm³/mol. The van der Waals surface area contributed by atoms with Crippen molar-refractivity contribution in [1.29, 1.82) is 0 Å². The molecule has 0 aliphatic heterocycles. The second kappa shape index (κ2) is 6.17. The largest absolute Gasteiger partial charge is 0.388 e. The van der Waals surface area contributed by atoms with Gasteiger partial charge in [0.1, 0.15) is 5.69 Å². The normalized spacial score (nSPS) is 16.5. The first-order chi connectivity index (χ1) is 9.54. The molecule has 6 heteroatoms. The number of carbonyl (C=O) groups is 1. The van der Waals surface area contributed by atoms with E-state index < -0.39 is 5.60 Å². The number of aliphatic hydroxyl groups is 1. The zero-order valence-corrected chi connectivity index (χ0v) is 11.8. The van der Waals surface area contributed by atoms with E-state index in [1.54, 1.807) is 0 Å². The van der Waals surface area contributed by atoms with Crippen LogP contribution in [0.25, 0.3) is 0 Å². The molecule has 1 aliphatic carbocycles. The minimum absolute atomic E-state index is 0.201. The molecule has 1 aliphatic rings. The fourth-order valence-electron chi connectivity index (χ4n) is 2.14. The molecule has 2 rings (SSSR count). The van der Waals surface area contributed by atoms with Crippen LogP contribution in [0.4, 0.5) is 0 Å².